The molecule has 0 aromatic heterocycles. The Hall–Kier alpha value is -2.18. The van der Waals surface area contributed by atoms with E-state index in [1.807, 2.05) is 19.1 Å². The molecule has 1 N–H and O–H groups in total. The third-order valence-corrected chi connectivity index (χ3v) is 5.03. The standard InChI is InChI=1S/C16H18N2O3S/c1-12-4-6-13(7-5-12)16(19)17-14-8-10-15(11-9-14)22(20,21)18(2)3/h4-11H,1-3H3,(H,17,19). The van der Waals surface area contributed by atoms with Crippen LogP contribution in [0.25, 0.3) is 0 Å². The minimum atomic E-state index is -3.46. The van der Waals surface area contributed by atoms with Gasteiger partial charge in [0.05, 0.1) is 4.90 Å². The van der Waals surface area contributed by atoms with Gasteiger partial charge < -0.3 is 5.32 Å². The van der Waals surface area contributed by atoms with Crippen molar-refractivity contribution in [2.24, 2.45) is 0 Å². The van der Waals surface area contributed by atoms with Crippen molar-refractivity contribution in [2.45, 2.75) is 11.8 Å². The summed E-state index contributed by atoms with van der Waals surface area (Å²) in [6.45, 7) is 1.95. The van der Waals surface area contributed by atoms with Gasteiger partial charge in [0.2, 0.25) is 10.0 Å². The second kappa shape index (κ2) is 6.29. The maximum Gasteiger partial charge on any atom is 0.255 e. The maximum absolute atomic E-state index is 12.1. The number of anilines is 1. The molecule has 1 amide bonds. The molecule has 0 aliphatic rings. The minimum absolute atomic E-state index is 0.186. The highest BCUT2D eigenvalue weighted by Crippen LogP contribution is 2.17. The summed E-state index contributed by atoms with van der Waals surface area (Å²) in [7, 11) is -0.509. The summed E-state index contributed by atoms with van der Waals surface area (Å²) in [6, 6.07) is 13.3. The van der Waals surface area contributed by atoms with E-state index in [9.17, 15) is 13.2 Å². The van der Waals surface area contributed by atoms with Gasteiger partial charge in [0.1, 0.15) is 0 Å². The zero-order valence-corrected chi connectivity index (χ0v) is 13.5. The molecule has 0 saturated heterocycles. The summed E-state index contributed by atoms with van der Waals surface area (Å²) >= 11 is 0. The fraction of sp³-hybridized carbons (Fsp3) is 0.188. The molecule has 116 valence electrons. The number of hydrogen-bond acceptors (Lipinski definition) is 3. The maximum atomic E-state index is 12.1. The molecule has 0 aliphatic carbocycles. The number of carbonyl (C=O) groups excluding carboxylic acids is 1. The fourth-order valence-electron chi connectivity index (χ4n) is 1.83. The van der Waals surface area contributed by atoms with Crippen LogP contribution in [0.3, 0.4) is 0 Å². The molecule has 0 unspecified atom stereocenters. The smallest absolute Gasteiger partial charge is 0.255 e. The predicted octanol–water partition coefficient (Wildman–Crippen LogP) is 2.50. The summed E-state index contributed by atoms with van der Waals surface area (Å²) in [5.41, 5.74) is 2.17. The van der Waals surface area contributed by atoms with Crippen LogP contribution in [0.2, 0.25) is 0 Å². The van der Waals surface area contributed by atoms with Gasteiger partial charge in [-0.15, -0.1) is 0 Å². The van der Waals surface area contributed by atoms with Crippen LogP contribution in [-0.2, 0) is 10.0 Å². The van der Waals surface area contributed by atoms with Gasteiger partial charge in [-0.2, -0.15) is 0 Å². The molecule has 22 heavy (non-hydrogen) atoms. The number of nitrogens with zero attached hydrogens (tertiary/aromatic N) is 1. The van der Waals surface area contributed by atoms with Crippen molar-refractivity contribution >= 4 is 21.6 Å². The van der Waals surface area contributed by atoms with Gasteiger partial charge in [0.25, 0.3) is 5.91 Å². The summed E-state index contributed by atoms with van der Waals surface area (Å²) in [6.07, 6.45) is 0. The molecular weight excluding hydrogens is 300 g/mol. The highest BCUT2D eigenvalue weighted by Gasteiger charge is 2.16. The molecule has 2 aromatic carbocycles. The van der Waals surface area contributed by atoms with E-state index in [2.05, 4.69) is 5.32 Å². The van der Waals surface area contributed by atoms with E-state index in [1.54, 1.807) is 24.3 Å². The minimum Gasteiger partial charge on any atom is -0.322 e. The van der Waals surface area contributed by atoms with Crippen molar-refractivity contribution in [3.05, 3.63) is 59.7 Å². The molecule has 0 spiro atoms. The Morgan fingerprint density at radius 3 is 2.00 bits per heavy atom. The van der Waals surface area contributed by atoms with Crippen molar-refractivity contribution in [1.29, 1.82) is 0 Å². The van der Waals surface area contributed by atoms with Gasteiger partial charge >= 0.3 is 0 Å². The molecule has 0 aliphatic heterocycles. The molecule has 0 bridgehead atoms. The van der Waals surface area contributed by atoms with Crippen LogP contribution in [-0.4, -0.2) is 32.7 Å². The summed E-state index contributed by atoms with van der Waals surface area (Å²) in [5, 5.41) is 2.74. The topological polar surface area (TPSA) is 66.5 Å². The first-order chi connectivity index (χ1) is 10.3. The molecule has 0 saturated carbocycles. The number of benzene rings is 2. The number of nitrogens with one attached hydrogen (secondary N) is 1. The lowest BCUT2D eigenvalue weighted by molar-refractivity contribution is 0.102. The van der Waals surface area contributed by atoms with Gasteiger partial charge in [-0.1, -0.05) is 17.7 Å². The Morgan fingerprint density at radius 1 is 0.955 bits per heavy atom. The van der Waals surface area contributed by atoms with Crippen molar-refractivity contribution in [2.75, 3.05) is 19.4 Å². The molecular formula is C16H18N2O3S. The zero-order chi connectivity index (χ0) is 16.3. The summed E-state index contributed by atoms with van der Waals surface area (Å²) in [4.78, 5) is 12.3. The molecule has 0 atom stereocenters. The summed E-state index contributed by atoms with van der Waals surface area (Å²) < 4.78 is 25.1. The largest absolute Gasteiger partial charge is 0.322 e. The van der Waals surface area contributed by atoms with Crippen LogP contribution < -0.4 is 5.32 Å². The van der Waals surface area contributed by atoms with Crippen molar-refractivity contribution in [3.8, 4) is 0 Å². The van der Waals surface area contributed by atoms with E-state index >= 15 is 0 Å². The molecule has 6 heteroatoms. The van der Waals surface area contributed by atoms with Gasteiger partial charge in [-0.3, -0.25) is 4.79 Å². The van der Waals surface area contributed by atoms with E-state index in [-0.39, 0.29) is 10.8 Å². The summed E-state index contributed by atoms with van der Waals surface area (Å²) in [5.74, 6) is -0.233. The highest BCUT2D eigenvalue weighted by molar-refractivity contribution is 7.89. The average Bonchev–Trinajstić information content (AvgIpc) is 2.48. The number of carbonyl (C=O) groups is 1. The van der Waals surface area contributed by atoms with Crippen molar-refractivity contribution in [3.63, 3.8) is 0 Å². The first-order valence-corrected chi connectivity index (χ1v) is 8.15. The second-order valence-electron chi connectivity index (χ2n) is 5.13. The van der Waals surface area contributed by atoms with Crippen molar-refractivity contribution in [1.82, 2.24) is 4.31 Å². The third-order valence-electron chi connectivity index (χ3n) is 3.20. The molecule has 5 nitrogen and oxygen atoms in total. The zero-order valence-electron chi connectivity index (χ0n) is 12.7. The Bertz CT molecular complexity index is 764. The van der Waals surface area contributed by atoms with E-state index in [4.69, 9.17) is 0 Å². The Labute approximate surface area is 130 Å². The lowest BCUT2D eigenvalue weighted by atomic mass is 10.1. The monoisotopic (exact) mass is 318 g/mol. The normalized spacial score (nSPS) is 11.5. The van der Waals surface area contributed by atoms with Crippen LogP contribution in [0.5, 0.6) is 0 Å². The SMILES string of the molecule is Cc1ccc(C(=O)Nc2ccc(S(=O)(=O)N(C)C)cc2)cc1. The molecule has 0 radical (unpaired) electrons. The van der Waals surface area contributed by atoms with Gasteiger partial charge in [0.15, 0.2) is 0 Å². The average molecular weight is 318 g/mol. The van der Waals surface area contributed by atoms with E-state index in [0.717, 1.165) is 9.87 Å². The molecule has 0 fully saturated rings. The lowest BCUT2D eigenvalue weighted by Crippen LogP contribution is -2.22. The van der Waals surface area contributed by atoms with Crippen LogP contribution in [0.4, 0.5) is 5.69 Å². The first-order valence-electron chi connectivity index (χ1n) is 6.71. The van der Waals surface area contributed by atoms with Crippen LogP contribution >= 0.6 is 0 Å². The number of hydrogen-bond donors (Lipinski definition) is 1. The third kappa shape index (κ3) is 3.52. The van der Waals surface area contributed by atoms with Crippen LogP contribution in [0.1, 0.15) is 15.9 Å². The molecule has 2 aromatic rings. The van der Waals surface area contributed by atoms with E-state index < -0.39 is 10.0 Å². The highest BCUT2D eigenvalue weighted by atomic mass is 32.2. The second-order valence-corrected chi connectivity index (χ2v) is 7.28. The van der Waals surface area contributed by atoms with E-state index in [0.29, 0.717) is 11.3 Å². The molecule has 2 rings (SSSR count). The first kappa shape index (κ1) is 16.2. The van der Waals surface area contributed by atoms with Crippen molar-refractivity contribution < 1.29 is 13.2 Å². The van der Waals surface area contributed by atoms with Gasteiger partial charge in [-0.05, 0) is 43.3 Å². The quantitative estimate of drug-likeness (QED) is 0.942. The molecule has 0 heterocycles. The Balaban J connectivity index is 2.15. The lowest BCUT2D eigenvalue weighted by Gasteiger charge is -2.12. The number of sulfonamides is 1. The van der Waals surface area contributed by atoms with Gasteiger partial charge in [0, 0.05) is 25.3 Å². The van der Waals surface area contributed by atoms with Crippen LogP contribution in [0, 0.1) is 6.92 Å². The Kier molecular flexibility index (Phi) is 4.63. The predicted molar refractivity (Wildman–Crippen MR) is 86.4 cm³/mol. The fourth-order valence-corrected chi connectivity index (χ4v) is 2.73. The number of amides is 1. The van der Waals surface area contributed by atoms with Gasteiger partial charge in [-0.25, -0.2) is 12.7 Å². The van der Waals surface area contributed by atoms with Crippen LogP contribution in [0.15, 0.2) is 53.4 Å². The number of rotatable bonds is 4. The number of aryl methyl sites for hydroxylation is 1. The Morgan fingerprint density at radius 2 is 1.50 bits per heavy atom. The van der Waals surface area contributed by atoms with E-state index in [1.165, 1.54) is 26.2 Å².